The Bertz CT molecular complexity index is 3580. The number of anilines is 2. The van der Waals surface area contributed by atoms with E-state index in [1.807, 2.05) is 76.4 Å². The predicted molar refractivity (Wildman–Crippen MR) is 327 cm³/mol. The zero-order valence-corrected chi connectivity index (χ0v) is 50.6. The number of halogens is 2. The first-order chi connectivity index (χ1) is 41.0. The fourth-order valence-electron chi connectivity index (χ4n) is 11.4. The highest BCUT2D eigenvalue weighted by Crippen LogP contribution is 2.45. The topological polar surface area (TPSA) is 211 Å². The molecule has 22 heteroatoms. The monoisotopic (exact) mass is 1200 g/mol. The van der Waals surface area contributed by atoms with Gasteiger partial charge in [0.05, 0.1) is 83.1 Å². The summed E-state index contributed by atoms with van der Waals surface area (Å²) in [6.45, 7) is 20.2. The van der Waals surface area contributed by atoms with Gasteiger partial charge in [-0.15, -0.1) is 21.5 Å². The molecule has 6 heterocycles. The first-order valence-electron chi connectivity index (χ1n) is 28.8. The number of aromatic carboxylic acids is 1. The number of hydrogen-bond donors (Lipinski definition) is 4. The normalized spacial score (nSPS) is 18.0. The maximum atomic E-state index is 14.0. The Morgan fingerprint density at radius 2 is 1.52 bits per heavy atom. The zero-order chi connectivity index (χ0) is 60.1. The van der Waals surface area contributed by atoms with Gasteiger partial charge in [-0.25, -0.2) is 18.2 Å². The fourth-order valence-corrected chi connectivity index (χ4v) is 15.7. The number of ether oxygens (including phenoxy) is 4. The number of allylic oxidation sites excluding steroid dienone is 5. The van der Waals surface area contributed by atoms with Crippen molar-refractivity contribution in [3.05, 3.63) is 158 Å². The number of rotatable bonds is 25. The Balaban J connectivity index is 0.658. The third kappa shape index (κ3) is 12.9. The molecule has 5 aliphatic rings. The number of nitrogens with one attached hydrogen (secondary N) is 3. The van der Waals surface area contributed by atoms with Gasteiger partial charge in [0.15, 0.2) is 24.6 Å². The lowest BCUT2D eigenvalue weighted by Gasteiger charge is -2.41. The second kappa shape index (κ2) is 26.3. The van der Waals surface area contributed by atoms with Crippen molar-refractivity contribution in [3.8, 4) is 5.00 Å². The summed E-state index contributed by atoms with van der Waals surface area (Å²) in [5, 5.41) is 31.4. The number of amides is 3. The van der Waals surface area contributed by atoms with Crippen LogP contribution >= 0.6 is 11.3 Å². The predicted octanol–water partition coefficient (Wildman–Crippen LogP) is 7.34. The van der Waals surface area contributed by atoms with E-state index in [2.05, 4.69) is 71.8 Å². The van der Waals surface area contributed by atoms with Gasteiger partial charge in [-0.05, 0) is 120 Å². The number of carboxylic acid groups (broad SMARTS) is 1. The average molecular weight is 1200 g/mol. The number of benzene rings is 3. The van der Waals surface area contributed by atoms with Gasteiger partial charge < -0.3 is 44.9 Å². The van der Waals surface area contributed by atoms with E-state index >= 15 is 0 Å². The highest BCUT2D eigenvalue weighted by Gasteiger charge is 2.44. The van der Waals surface area contributed by atoms with Crippen LogP contribution in [0.4, 0.5) is 20.2 Å². The van der Waals surface area contributed by atoms with Crippen LogP contribution in [-0.4, -0.2) is 172 Å². The number of aromatic nitrogens is 3. The van der Waals surface area contributed by atoms with E-state index in [0.29, 0.717) is 94.1 Å². The van der Waals surface area contributed by atoms with Crippen molar-refractivity contribution in [1.82, 2.24) is 25.4 Å². The molecule has 2 atom stereocenters. The minimum atomic E-state index is -2.48. The smallest absolute Gasteiger partial charge is 0.336 e. The summed E-state index contributed by atoms with van der Waals surface area (Å²) in [5.74, 6) is -1.28. The van der Waals surface area contributed by atoms with Gasteiger partial charge in [-0.3, -0.25) is 23.9 Å². The molecule has 18 nitrogen and oxygen atoms in total. The SMILES string of the molecule is C=CC(=O)Nc1ccc(C2=N[C@@H]([C@@H](CC)C(=O)NCCOCCOCCOCCOCCNC(=O)c3ccc(C(=O)O)c(C4=C5C=CC(=[N+]6CC(F)C6)C=C5[Si](C)(C)c5cc(N6CC(F)C6)ccc54)c3)c3nnc(C)n3-c3sc(C)c(C)c32)cc1. The number of aryl methyl sites for hydroxylation is 2. The minimum Gasteiger partial charge on any atom is -0.478 e. The summed E-state index contributed by atoms with van der Waals surface area (Å²) in [7, 11) is -2.48. The van der Waals surface area contributed by atoms with E-state index in [-0.39, 0.29) is 61.8 Å². The van der Waals surface area contributed by atoms with Crippen molar-refractivity contribution < 1.29 is 56.6 Å². The number of carbonyl (C=O) groups excluding carboxylic acids is 3. The van der Waals surface area contributed by atoms with Crippen molar-refractivity contribution in [2.75, 3.05) is 102 Å². The molecule has 0 saturated carbocycles. The molecule has 85 heavy (non-hydrogen) atoms. The molecule has 3 aromatic carbocycles. The summed E-state index contributed by atoms with van der Waals surface area (Å²) in [4.78, 5) is 61.0. The molecule has 2 fully saturated rings. The molecule has 2 aromatic heterocycles. The van der Waals surface area contributed by atoms with E-state index in [4.69, 9.17) is 23.9 Å². The summed E-state index contributed by atoms with van der Waals surface area (Å²) in [6, 6.07) is 17.5. The zero-order valence-electron chi connectivity index (χ0n) is 48.8. The number of carboxylic acids is 1. The molecular weight excluding hydrogens is 1120 g/mol. The van der Waals surface area contributed by atoms with Gasteiger partial charge in [0.2, 0.25) is 18.0 Å². The standard InChI is InChI=1S/C63H71F2N9O9SSi/c1-8-47(58-59-71-70-39(5)74(59)62-55(37(3)38(4)84-62)57(69-58)40-10-13-44(14-11-40)68-54(75)9-2)61(77)67-21-23-81-25-27-83-29-28-82-26-24-80-22-20-66-60(76)41-12-17-48(63(78)79)51(30-41)56-49-18-15-45(72-33-42(64)34-72)31-52(49)85(6,7)53-32-46(16-19-50(53)56)73-35-43(65)36-73/h9-19,30-32,42-43,47,58H,2,8,20-29,33-36H2,1,3-7H3,(H3-,66,67,68,69,75,76,77,78,79)/p+1/t47-,58+/m1/s1. The van der Waals surface area contributed by atoms with Gasteiger partial charge in [-0.1, -0.05) is 44.8 Å². The van der Waals surface area contributed by atoms with Crippen molar-refractivity contribution in [2.24, 2.45) is 10.9 Å². The lowest BCUT2D eigenvalue weighted by Crippen LogP contribution is -2.52. The molecular formula is C63H72F2N9O9SSi+. The van der Waals surface area contributed by atoms with Crippen LogP contribution in [-0.2, 0) is 28.5 Å². The van der Waals surface area contributed by atoms with Crippen LogP contribution in [0, 0.1) is 26.7 Å². The van der Waals surface area contributed by atoms with Gasteiger partial charge in [0.1, 0.15) is 31.1 Å². The number of fused-ring (bicyclic) bond motifs is 5. The third-order valence-electron chi connectivity index (χ3n) is 16.2. The number of alkyl halides is 2. The number of thiophene rings is 1. The molecule has 5 aromatic rings. The Hall–Kier alpha value is -7.60. The number of aliphatic imine (C=N–C) groups is 1. The first kappa shape index (κ1) is 60.5. The molecule has 446 valence electrons. The number of nitrogens with zero attached hydrogens (tertiary/aromatic N) is 6. The molecule has 4 aliphatic heterocycles. The van der Waals surface area contributed by atoms with E-state index in [9.17, 15) is 33.1 Å². The lowest BCUT2D eigenvalue weighted by atomic mass is 9.86. The van der Waals surface area contributed by atoms with Crippen LogP contribution in [0.25, 0.3) is 10.6 Å². The third-order valence-corrected chi connectivity index (χ3v) is 20.9. The second-order valence-corrected chi connectivity index (χ2v) is 27.7. The highest BCUT2D eigenvalue weighted by molar-refractivity contribution is 7.15. The number of carbonyl (C=O) groups is 4. The summed E-state index contributed by atoms with van der Waals surface area (Å²) in [6.07, 6.45) is 6.01. The summed E-state index contributed by atoms with van der Waals surface area (Å²) < 4.78 is 55.0. The Kier molecular flexibility index (Phi) is 18.8. The molecule has 3 amide bonds. The van der Waals surface area contributed by atoms with Crippen LogP contribution in [0.2, 0.25) is 13.1 Å². The van der Waals surface area contributed by atoms with Gasteiger partial charge >= 0.3 is 5.97 Å². The molecule has 0 radical (unpaired) electrons. The maximum absolute atomic E-state index is 14.0. The fraction of sp³-hybridized carbons (Fsp3) is 0.397. The quantitative estimate of drug-likeness (QED) is 0.0196. The lowest BCUT2D eigenvalue weighted by molar-refractivity contribution is -0.599. The van der Waals surface area contributed by atoms with E-state index < -0.39 is 38.3 Å². The van der Waals surface area contributed by atoms with Crippen molar-refractivity contribution in [3.63, 3.8) is 0 Å². The molecule has 0 unspecified atom stereocenters. The maximum Gasteiger partial charge on any atom is 0.336 e. The molecule has 2 saturated heterocycles. The largest absolute Gasteiger partial charge is 0.478 e. The van der Waals surface area contributed by atoms with Gasteiger partial charge in [-0.2, -0.15) is 0 Å². The van der Waals surface area contributed by atoms with Crippen molar-refractivity contribution >= 4 is 76.7 Å². The highest BCUT2D eigenvalue weighted by atomic mass is 32.1. The van der Waals surface area contributed by atoms with Crippen LogP contribution < -0.4 is 26.0 Å². The first-order valence-corrected chi connectivity index (χ1v) is 32.6. The Morgan fingerprint density at radius 1 is 0.847 bits per heavy atom. The minimum absolute atomic E-state index is 0.0495. The Labute approximate surface area is 498 Å². The Morgan fingerprint density at radius 3 is 2.15 bits per heavy atom. The van der Waals surface area contributed by atoms with Crippen molar-refractivity contribution in [2.45, 2.75) is 65.6 Å². The van der Waals surface area contributed by atoms with E-state index in [1.165, 1.54) is 18.2 Å². The number of hydrogen-bond acceptors (Lipinski definition) is 13. The van der Waals surface area contributed by atoms with Crippen molar-refractivity contribution in [1.29, 1.82) is 0 Å². The second-order valence-electron chi connectivity index (χ2n) is 22.1. The summed E-state index contributed by atoms with van der Waals surface area (Å²) in [5.41, 5.74) is 9.24. The van der Waals surface area contributed by atoms with Gasteiger partial charge in [0, 0.05) is 58.2 Å². The van der Waals surface area contributed by atoms with Crippen LogP contribution in [0.3, 0.4) is 0 Å². The van der Waals surface area contributed by atoms with Crippen LogP contribution in [0.15, 0.2) is 107 Å². The van der Waals surface area contributed by atoms with Crippen LogP contribution in [0.5, 0.6) is 0 Å². The van der Waals surface area contributed by atoms with Crippen LogP contribution in [0.1, 0.15) is 84.4 Å². The summed E-state index contributed by atoms with van der Waals surface area (Å²) >= 11 is 1.64. The molecule has 1 aliphatic carbocycles. The van der Waals surface area contributed by atoms with Gasteiger partial charge in [0.25, 0.3) is 5.91 Å². The molecule has 0 bridgehead atoms. The molecule has 0 spiro atoms. The average Bonchev–Trinajstić information content (AvgIpc) is 2.65. The van der Waals surface area contributed by atoms with E-state index in [1.54, 1.807) is 17.4 Å². The van der Waals surface area contributed by atoms with E-state index in [0.717, 1.165) is 65.2 Å². The molecule has 10 rings (SSSR count). The molecule has 4 N–H and O–H groups in total.